The molecule has 1 atom stereocenters. The van der Waals surface area contributed by atoms with Gasteiger partial charge in [0.25, 0.3) is 5.69 Å². The van der Waals surface area contributed by atoms with Crippen molar-refractivity contribution in [2.45, 2.75) is 12.6 Å². The fourth-order valence-corrected chi connectivity index (χ4v) is 3.97. The minimum absolute atomic E-state index is 0.0251. The average Bonchev–Trinajstić information content (AvgIpc) is 3.10. The maximum Gasteiger partial charge on any atom is 0.275 e. The van der Waals surface area contributed by atoms with Crippen LogP contribution in [0.4, 0.5) is 11.4 Å². The minimum atomic E-state index is -0.492. The number of hydrogen-bond acceptors (Lipinski definition) is 7. The molecule has 3 heterocycles. The van der Waals surface area contributed by atoms with Crippen LogP contribution in [0.15, 0.2) is 59.9 Å². The van der Waals surface area contributed by atoms with Crippen molar-refractivity contribution >= 4 is 22.4 Å². The Labute approximate surface area is 163 Å². The standard InChI is InChI=1S/C20H14N6O3/c27-22-10-15-17-11-5-1-3-7-14(11)23-19(12-6-2-4-8-16(12)26(28)29)13-9-21-20(18(13)17)25-24-15/h1-9,19,23H,10H2,(H,21,25). The van der Waals surface area contributed by atoms with Crippen LogP contribution in [0.1, 0.15) is 22.9 Å². The zero-order chi connectivity index (χ0) is 20.0. The topological polar surface area (TPSA) is 126 Å². The van der Waals surface area contributed by atoms with Gasteiger partial charge in [0, 0.05) is 40.0 Å². The Balaban J connectivity index is 1.87. The predicted molar refractivity (Wildman–Crippen MR) is 107 cm³/mol. The van der Waals surface area contributed by atoms with E-state index in [1.54, 1.807) is 24.4 Å². The average molecular weight is 386 g/mol. The normalized spacial score (nSPS) is 14.7. The molecule has 0 aliphatic carbocycles. The molecule has 0 amide bonds. The van der Waals surface area contributed by atoms with Gasteiger partial charge < -0.3 is 10.3 Å². The number of nitrogens with zero attached hydrogens (tertiary/aromatic N) is 4. The van der Waals surface area contributed by atoms with Crippen LogP contribution in [0.2, 0.25) is 0 Å². The van der Waals surface area contributed by atoms with Gasteiger partial charge in [-0.3, -0.25) is 10.1 Å². The van der Waals surface area contributed by atoms with Crippen LogP contribution in [0.25, 0.3) is 22.2 Å². The second-order valence-corrected chi connectivity index (χ2v) is 6.72. The lowest BCUT2D eigenvalue weighted by Gasteiger charge is -2.19. The molecular weight excluding hydrogens is 372 g/mol. The van der Waals surface area contributed by atoms with Gasteiger partial charge in [-0.2, -0.15) is 10.0 Å². The molecule has 4 aromatic rings. The molecule has 2 aromatic heterocycles. The number of H-pyrrole nitrogens is 1. The molecule has 0 bridgehead atoms. The van der Waals surface area contributed by atoms with Crippen molar-refractivity contribution in [3.05, 3.63) is 86.6 Å². The summed E-state index contributed by atoms with van der Waals surface area (Å²) in [5.74, 6) is 0. The molecule has 2 N–H and O–H groups in total. The Bertz CT molecular complexity index is 1280. The van der Waals surface area contributed by atoms with E-state index < -0.39 is 6.04 Å². The number of anilines is 1. The maximum atomic E-state index is 11.7. The summed E-state index contributed by atoms with van der Waals surface area (Å²) in [5, 5.41) is 27.3. The molecule has 5 rings (SSSR count). The second kappa shape index (κ2) is 6.48. The summed E-state index contributed by atoms with van der Waals surface area (Å²) in [6, 6.07) is 13.8. The van der Waals surface area contributed by atoms with Crippen LogP contribution in [-0.2, 0) is 6.54 Å². The molecule has 1 aliphatic heterocycles. The first kappa shape index (κ1) is 17.0. The lowest BCUT2D eigenvalue weighted by molar-refractivity contribution is -0.385. The zero-order valence-corrected chi connectivity index (χ0v) is 15.0. The van der Waals surface area contributed by atoms with Crippen molar-refractivity contribution in [3.63, 3.8) is 0 Å². The molecule has 1 unspecified atom stereocenters. The van der Waals surface area contributed by atoms with E-state index in [4.69, 9.17) is 0 Å². The highest BCUT2D eigenvalue weighted by molar-refractivity contribution is 6.02. The summed E-state index contributed by atoms with van der Waals surface area (Å²) in [4.78, 5) is 25.4. The minimum Gasteiger partial charge on any atom is -0.373 e. The fourth-order valence-electron chi connectivity index (χ4n) is 3.97. The number of aromatic amines is 1. The van der Waals surface area contributed by atoms with Crippen LogP contribution in [0.5, 0.6) is 0 Å². The van der Waals surface area contributed by atoms with Crippen molar-refractivity contribution in [2.75, 3.05) is 5.32 Å². The molecule has 0 spiro atoms. The molecule has 9 nitrogen and oxygen atoms in total. The quantitative estimate of drug-likeness (QED) is 0.306. The molecule has 0 saturated carbocycles. The largest absolute Gasteiger partial charge is 0.373 e. The molecule has 1 aliphatic rings. The van der Waals surface area contributed by atoms with Gasteiger partial charge in [0.15, 0.2) is 5.65 Å². The van der Waals surface area contributed by atoms with E-state index in [-0.39, 0.29) is 17.2 Å². The highest BCUT2D eigenvalue weighted by atomic mass is 16.6. The van der Waals surface area contributed by atoms with Crippen LogP contribution in [-0.4, -0.2) is 20.1 Å². The number of fused-ring (bicyclic) bond motifs is 2. The Hall–Kier alpha value is -4.14. The van der Waals surface area contributed by atoms with Crippen LogP contribution >= 0.6 is 0 Å². The predicted octanol–water partition coefficient (Wildman–Crippen LogP) is 4.31. The van der Waals surface area contributed by atoms with E-state index in [0.29, 0.717) is 16.9 Å². The first-order valence-electron chi connectivity index (χ1n) is 8.94. The lowest BCUT2D eigenvalue weighted by Crippen LogP contribution is -2.13. The Kier molecular flexibility index (Phi) is 3.80. The molecule has 0 saturated heterocycles. The van der Waals surface area contributed by atoms with Gasteiger partial charge in [-0.15, -0.1) is 5.10 Å². The molecule has 142 valence electrons. The number of rotatable bonds is 4. The van der Waals surface area contributed by atoms with Gasteiger partial charge in [-0.05, 0) is 12.1 Å². The third-order valence-electron chi connectivity index (χ3n) is 5.17. The Morgan fingerprint density at radius 1 is 1.07 bits per heavy atom. The molecule has 29 heavy (non-hydrogen) atoms. The smallest absolute Gasteiger partial charge is 0.275 e. The summed E-state index contributed by atoms with van der Waals surface area (Å²) in [7, 11) is 0. The maximum absolute atomic E-state index is 11.7. The first-order valence-corrected chi connectivity index (χ1v) is 8.94. The van der Waals surface area contributed by atoms with Gasteiger partial charge in [0.2, 0.25) is 0 Å². The van der Waals surface area contributed by atoms with E-state index in [0.717, 1.165) is 27.8 Å². The van der Waals surface area contributed by atoms with Crippen LogP contribution in [0, 0.1) is 15.0 Å². The second-order valence-electron chi connectivity index (χ2n) is 6.72. The first-order chi connectivity index (χ1) is 14.2. The highest BCUT2D eigenvalue weighted by Crippen LogP contribution is 2.45. The summed E-state index contributed by atoms with van der Waals surface area (Å²) < 4.78 is 0. The summed E-state index contributed by atoms with van der Waals surface area (Å²) in [6.45, 7) is -0.118. The van der Waals surface area contributed by atoms with Crippen molar-refractivity contribution in [2.24, 2.45) is 5.18 Å². The Morgan fingerprint density at radius 2 is 1.86 bits per heavy atom. The molecule has 0 radical (unpaired) electrons. The van der Waals surface area contributed by atoms with Crippen molar-refractivity contribution in [3.8, 4) is 11.1 Å². The van der Waals surface area contributed by atoms with E-state index in [2.05, 4.69) is 25.7 Å². The summed E-state index contributed by atoms with van der Waals surface area (Å²) in [5.41, 5.74) is 4.75. The zero-order valence-electron chi connectivity index (χ0n) is 15.0. The van der Waals surface area contributed by atoms with Crippen LogP contribution < -0.4 is 5.32 Å². The van der Waals surface area contributed by atoms with Crippen molar-refractivity contribution in [1.82, 2.24) is 15.2 Å². The third kappa shape index (κ3) is 2.55. The van der Waals surface area contributed by atoms with Gasteiger partial charge >= 0.3 is 0 Å². The number of nitrogens with one attached hydrogen (secondary N) is 2. The lowest BCUT2D eigenvalue weighted by atomic mass is 9.95. The number of nitroso groups, excluding NO2 is 1. The number of para-hydroxylation sites is 2. The molecule has 9 heteroatoms. The number of benzene rings is 2. The van der Waals surface area contributed by atoms with Gasteiger partial charge in [-0.1, -0.05) is 35.5 Å². The van der Waals surface area contributed by atoms with Gasteiger partial charge in [-0.25, -0.2) is 0 Å². The van der Waals surface area contributed by atoms with E-state index in [1.807, 2.05) is 24.3 Å². The molecule has 0 fully saturated rings. The van der Waals surface area contributed by atoms with Crippen LogP contribution in [0.3, 0.4) is 0 Å². The van der Waals surface area contributed by atoms with Gasteiger partial charge in [0.1, 0.15) is 6.54 Å². The summed E-state index contributed by atoms with van der Waals surface area (Å²) in [6.07, 6.45) is 1.78. The monoisotopic (exact) mass is 386 g/mol. The number of nitro benzene ring substituents is 1. The van der Waals surface area contributed by atoms with E-state index in [1.165, 1.54) is 6.07 Å². The fraction of sp³-hybridized carbons (Fsp3) is 0.100. The number of hydrogen-bond donors (Lipinski definition) is 2. The van der Waals surface area contributed by atoms with Crippen molar-refractivity contribution < 1.29 is 4.92 Å². The SMILES string of the molecule is O=NCc1nnc2[nH]cc3c2c1-c1ccccc1NC3c1ccccc1[N+](=O)[O-]. The molecule has 2 aromatic carbocycles. The van der Waals surface area contributed by atoms with Crippen molar-refractivity contribution in [1.29, 1.82) is 0 Å². The highest BCUT2D eigenvalue weighted by Gasteiger charge is 2.31. The summed E-state index contributed by atoms with van der Waals surface area (Å²) >= 11 is 0. The molecular formula is C20H14N6O3. The van der Waals surface area contributed by atoms with E-state index >= 15 is 0 Å². The number of aromatic nitrogens is 3. The van der Waals surface area contributed by atoms with Gasteiger partial charge in [0.05, 0.1) is 22.2 Å². The third-order valence-corrected chi connectivity index (χ3v) is 5.17. The van der Waals surface area contributed by atoms with E-state index in [9.17, 15) is 15.0 Å². The number of nitro groups is 1. The Morgan fingerprint density at radius 3 is 2.69 bits per heavy atom.